The van der Waals surface area contributed by atoms with E-state index < -0.39 is 0 Å². The molecular weight excluding hydrogens is 129 g/mol. The number of rotatable bonds is 3. The smallest absolute Gasteiger partial charge is 0.123 e. The largest absolute Gasteiger partial charge is 0.327 e. The normalized spacial score (nSPS) is 12.3. The molecule has 2 N–H and O–H groups in total. The van der Waals surface area contributed by atoms with E-state index in [0.717, 1.165) is 0 Å². The third-order valence-corrected chi connectivity index (χ3v) is 1.30. The average Bonchev–Trinajstić information content (AvgIpc) is 1.87. The minimum absolute atomic E-state index is 0.155. The number of halogens is 1. The van der Waals surface area contributed by atoms with Crippen molar-refractivity contribution in [3.05, 3.63) is 24.1 Å². The zero-order valence-electron chi connectivity index (χ0n) is 6.52. The van der Waals surface area contributed by atoms with Crippen LogP contribution in [-0.4, -0.2) is 6.54 Å². The maximum Gasteiger partial charge on any atom is 0.123 e. The van der Waals surface area contributed by atoms with Crippen LogP contribution in [0.25, 0.3) is 0 Å². The van der Waals surface area contributed by atoms with Crippen molar-refractivity contribution in [2.45, 2.75) is 13.8 Å². The molecule has 0 atom stereocenters. The first-order valence-corrected chi connectivity index (χ1v) is 3.34. The van der Waals surface area contributed by atoms with Gasteiger partial charge in [0.2, 0.25) is 0 Å². The van der Waals surface area contributed by atoms with Crippen molar-refractivity contribution in [1.82, 2.24) is 0 Å². The van der Waals surface area contributed by atoms with Crippen LogP contribution in [0.15, 0.2) is 24.1 Å². The highest BCUT2D eigenvalue weighted by molar-refractivity contribution is 5.23. The second-order valence-corrected chi connectivity index (χ2v) is 2.47. The Morgan fingerprint density at radius 1 is 1.70 bits per heavy atom. The lowest BCUT2D eigenvalue weighted by Gasteiger charge is -2.05. The lowest BCUT2D eigenvalue weighted by Crippen LogP contribution is -1.98. The maximum atomic E-state index is 12.7. The Morgan fingerprint density at radius 3 is 2.50 bits per heavy atom. The number of nitrogens with two attached hydrogens (primary N) is 1. The topological polar surface area (TPSA) is 26.0 Å². The second kappa shape index (κ2) is 4.23. The van der Waals surface area contributed by atoms with E-state index in [1.54, 1.807) is 0 Å². The monoisotopic (exact) mass is 143 g/mol. The molecule has 0 saturated carbocycles. The first kappa shape index (κ1) is 9.37. The lowest BCUT2D eigenvalue weighted by atomic mass is 10.0. The summed E-state index contributed by atoms with van der Waals surface area (Å²) in [6.45, 7) is 7.60. The third-order valence-electron chi connectivity index (χ3n) is 1.30. The number of hydrogen-bond acceptors (Lipinski definition) is 1. The van der Waals surface area contributed by atoms with Crippen molar-refractivity contribution in [2.75, 3.05) is 6.54 Å². The molecule has 0 unspecified atom stereocenters. The molecule has 0 spiro atoms. The van der Waals surface area contributed by atoms with E-state index in [4.69, 9.17) is 5.73 Å². The predicted octanol–water partition coefficient (Wildman–Crippen LogP) is 2.01. The van der Waals surface area contributed by atoms with Crippen LogP contribution in [0.5, 0.6) is 0 Å². The maximum absolute atomic E-state index is 12.7. The molecule has 58 valence electrons. The number of hydrogen-bond donors (Lipinski definition) is 1. The standard InChI is InChI=1S/C8H14FN/c1-6(2)7(3)8(9)4-5-10/h4,6H,3,5,10H2,1-2H3/b8-4-. The molecule has 0 saturated heterocycles. The van der Waals surface area contributed by atoms with Crippen molar-refractivity contribution in [3.63, 3.8) is 0 Å². The van der Waals surface area contributed by atoms with Crippen molar-refractivity contribution >= 4 is 0 Å². The molecule has 0 aromatic carbocycles. The van der Waals surface area contributed by atoms with E-state index in [1.807, 2.05) is 13.8 Å². The van der Waals surface area contributed by atoms with E-state index in [-0.39, 0.29) is 18.3 Å². The van der Waals surface area contributed by atoms with Crippen molar-refractivity contribution in [3.8, 4) is 0 Å². The Hall–Kier alpha value is -0.630. The fraction of sp³-hybridized carbons (Fsp3) is 0.500. The van der Waals surface area contributed by atoms with E-state index in [2.05, 4.69) is 6.58 Å². The summed E-state index contributed by atoms with van der Waals surface area (Å²) in [7, 11) is 0. The van der Waals surface area contributed by atoms with Crippen LogP contribution in [-0.2, 0) is 0 Å². The van der Waals surface area contributed by atoms with Gasteiger partial charge in [0.05, 0.1) is 0 Å². The highest BCUT2D eigenvalue weighted by Crippen LogP contribution is 2.17. The van der Waals surface area contributed by atoms with E-state index in [1.165, 1.54) is 6.08 Å². The molecule has 0 aliphatic carbocycles. The van der Waals surface area contributed by atoms with Gasteiger partial charge >= 0.3 is 0 Å². The third kappa shape index (κ3) is 2.78. The summed E-state index contributed by atoms with van der Waals surface area (Å²) < 4.78 is 12.7. The van der Waals surface area contributed by atoms with Gasteiger partial charge in [-0.25, -0.2) is 4.39 Å². The molecule has 0 aliphatic rings. The average molecular weight is 143 g/mol. The molecule has 0 aromatic rings. The van der Waals surface area contributed by atoms with Crippen LogP contribution in [0.3, 0.4) is 0 Å². The molecule has 0 aromatic heterocycles. The Bertz CT molecular complexity index is 147. The zero-order chi connectivity index (χ0) is 8.15. The first-order valence-electron chi connectivity index (χ1n) is 3.34. The van der Waals surface area contributed by atoms with Crippen molar-refractivity contribution in [1.29, 1.82) is 0 Å². The first-order chi connectivity index (χ1) is 4.59. The van der Waals surface area contributed by atoms with Crippen LogP contribution < -0.4 is 5.73 Å². The Labute approximate surface area is 61.4 Å². The molecular formula is C8H14FN. The lowest BCUT2D eigenvalue weighted by molar-refractivity contribution is 0.607. The van der Waals surface area contributed by atoms with Gasteiger partial charge < -0.3 is 5.73 Å². The summed E-state index contributed by atoms with van der Waals surface area (Å²) >= 11 is 0. The van der Waals surface area contributed by atoms with Crippen molar-refractivity contribution in [2.24, 2.45) is 11.7 Å². The molecule has 10 heavy (non-hydrogen) atoms. The van der Waals surface area contributed by atoms with Crippen LogP contribution in [0.4, 0.5) is 4.39 Å². The van der Waals surface area contributed by atoms with E-state index in [9.17, 15) is 4.39 Å². The van der Waals surface area contributed by atoms with Gasteiger partial charge in [-0.2, -0.15) is 0 Å². The molecule has 2 heteroatoms. The quantitative estimate of drug-likeness (QED) is 0.601. The van der Waals surface area contributed by atoms with E-state index >= 15 is 0 Å². The fourth-order valence-electron chi connectivity index (χ4n) is 0.510. The Morgan fingerprint density at radius 2 is 2.20 bits per heavy atom. The summed E-state index contributed by atoms with van der Waals surface area (Å²) in [5.74, 6) is -0.125. The van der Waals surface area contributed by atoms with Crippen LogP contribution >= 0.6 is 0 Å². The summed E-state index contributed by atoms with van der Waals surface area (Å²) in [5, 5.41) is 0. The predicted molar refractivity (Wildman–Crippen MR) is 42.2 cm³/mol. The van der Waals surface area contributed by atoms with Gasteiger partial charge in [-0.05, 0) is 17.6 Å². The molecule has 0 amide bonds. The molecule has 0 heterocycles. The molecule has 0 rings (SSSR count). The second-order valence-electron chi connectivity index (χ2n) is 2.47. The van der Waals surface area contributed by atoms with Crippen LogP contribution in [0.1, 0.15) is 13.8 Å². The Balaban J connectivity index is 4.08. The molecule has 0 bridgehead atoms. The van der Waals surface area contributed by atoms with Gasteiger partial charge in [0.1, 0.15) is 5.83 Å². The molecule has 1 nitrogen and oxygen atoms in total. The summed E-state index contributed by atoms with van der Waals surface area (Å²) in [6, 6.07) is 0. The fourth-order valence-corrected chi connectivity index (χ4v) is 0.510. The minimum Gasteiger partial charge on any atom is -0.327 e. The minimum atomic E-state index is -0.280. The van der Waals surface area contributed by atoms with Gasteiger partial charge in [0, 0.05) is 6.54 Å². The summed E-state index contributed by atoms with van der Waals surface area (Å²) in [4.78, 5) is 0. The van der Waals surface area contributed by atoms with Gasteiger partial charge in [0.25, 0.3) is 0 Å². The number of allylic oxidation sites excluding steroid dienone is 2. The molecule has 0 radical (unpaired) electrons. The van der Waals surface area contributed by atoms with Gasteiger partial charge in [-0.3, -0.25) is 0 Å². The molecule has 0 fully saturated rings. The molecule has 0 aliphatic heterocycles. The zero-order valence-corrected chi connectivity index (χ0v) is 6.52. The van der Waals surface area contributed by atoms with Gasteiger partial charge in [0.15, 0.2) is 0 Å². The van der Waals surface area contributed by atoms with Crippen LogP contribution in [0, 0.1) is 5.92 Å². The SMILES string of the molecule is C=C(/C(F)=C/CN)C(C)C. The highest BCUT2D eigenvalue weighted by atomic mass is 19.1. The Kier molecular flexibility index (Phi) is 3.96. The van der Waals surface area contributed by atoms with Crippen LogP contribution in [0.2, 0.25) is 0 Å². The summed E-state index contributed by atoms with van der Waals surface area (Å²) in [6.07, 6.45) is 1.34. The highest BCUT2D eigenvalue weighted by Gasteiger charge is 2.04. The van der Waals surface area contributed by atoms with Gasteiger partial charge in [-0.15, -0.1) is 0 Å². The summed E-state index contributed by atoms with van der Waals surface area (Å²) in [5.41, 5.74) is 5.63. The van der Waals surface area contributed by atoms with Crippen molar-refractivity contribution < 1.29 is 4.39 Å². The van der Waals surface area contributed by atoms with E-state index in [0.29, 0.717) is 5.57 Å². The van der Waals surface area contributed by atoms with Gasteiger partial charge in [-0.1, -0.05) is 20.4 Å².